The number of nitrogens with one attached hydrogen (secondary N) is 1. The molecule has 1 saturated heterocycles. The molecule has 0 radical (unpaired) electrons. The number of hydrogen-bond acceptors (Lipinski definition) is 4. The first-order chi connectivity index (χ1) is 10.6. The van der Waals surface area contributed by atoms with E-state index in [4.69, 9.17) is 4.74 Å². The van der Waals surface area contributed by atoms with Crippen molar-refractivity contribution in [3.05, 3.63) is 24.3 Å². The van der Waals surface area contributed by atoms with Crippen molar-refractivity contribution < 1.29 is 9.53 Å². The quantitative estimate of drug-likeness (QED) is 0.874. The van der Waals surface area contributed by atoms with Crippen LogP contribution >= 0.6 is 0 Å². The molecule has 5 nitrogen and oxygen atoms in total. The van der Waals surface area contributed by atoms with Crippen LogP contribution in [0.3, 0.4) is 0 Å². The molecular formula is C17H27N3O2. The van der Waals surface area contributed by atoms with E-state index in [1.807, 2.05) is 38.1 Å². The lowest BCUT2D eigenvalue weighted by atomic mass is 10.3. The molecule has 0 unspecified atom stereocenters. The van der Waals surface area contributed by atoms with Gasteiger partial charge in [0.25, 0.3) is 0 Å². The molecule has 1 N–H and O–H groups in total. The fraction of sp³-hybridized carbons (Fsp3) is 0.588. The summed E-state index contributed by atoms with van der Waals surface area (Å²) in [4.78, 5) is 16.7. The average molecular weight is 305 g/mol. The van der Waals surface area contributed by atoms with Crippen LogP contribution in [-0.4, -0.2) is 61.1 Å². The van der Waals surface area contributed by atoms with Crippen LogP contribution in [0, 0.1) is 0 Å². The Morgan fingerprint density at radius 3 is 2.27 bits per heavy atom. The zero-order valence-electron chi connectivity index (χ0n) is 13.8. The van der Waals surface area contributed by atoms with Gasteiger partial charge < -0.3 is 15.0 Å². The summed E-state index contributed by atoms with van der Waals surface area (Å²) in [6.07, 6.45) is 0.155. The summed E-state index contributed by atoms with van der Waals surface area (Å²) in [5.74, 6) is 0.867. The Hall–Kier alpha value is -1.59. The van der Waals surface area contributed by atoms with Crippen molar-refractivity contribution in [2.45, 2.75) is 26.9 Å². The van der Waals surface area contributed by atoms with Gasteiger partial charge in [-0.1, -0.05) is 6.92 Å². The summed E-state index contributed by atoms with van der Waals surface area (Å²) in [7, 11) is 0. The molecule has 22 heavy (non-hydrogen) atoms. The number of carbonyl (C=O) groups is 1. The molecule has 1 aromatic rings. The van der Waals surface area contributed by atoms with Gasteiger partial charge in [-0.05, 0) is 44.7 Å². The van der Waals surface area contributed by atoms with E-state index in [2.05, 4.69) is 22.0 Å². The Kier molecular flexibility index (Phi) is 6.21. The fourth-order valence-electron chi connectivity index (χ4n) is 2.56. The van der Waals surface area contributed by atoms with Gasteiger partial charge in [-0.3, -0.25) is 9.69 Å². The van der Waals surface area contributed by atoms with Crippen LogP contribution in [-0.2, 0) is 4.79 Å². The highest BCUT2D eigenvalue weighted by Gasteiger charge is 2.17. The van der Waals surface area contributed by atoms with Gasteiger partial charge in [-0.2, -0.15) is 0 Å². The molecule has 2 rings (SSSR count). The van der Waals surface area contributed by atoms with E-state index in [1.165, 1.54) is 0 Å². The van der Waals surface area contributed by atoms with Crippen molar-refractivity contribution in [3.63, 3.8) is 0 Å². The Morgan fingerprint density at radius 2 is 1.73 bits per heavy atom. The van der Waals surface area contributed by atoms with E-state index in [9.17, 15) is 4.79 Å². The molecule has 1 aliphatic rings. The number of benzene rings is 1. The molecule has 1 aromatic carbocycles. The van der Waals surface area contributed by atoms with Crippen molar-refractivity contribution in [1.29, 1.82) is 0 Å². The first-order valence-corrected chi connectivity index (χ1v) is 8.08. The van der Waals surface area contributed by atoms with Crippen molar-refractivity contribution in [3.8, 4) is 5.75 Å². The van der Waals surface area contributed by atoms with Gasteiger partial charge in [-0.15, -0.1) is 0 Å². The van der Waals surface area contributed by atoms with E-state index in [-0.39, 0.29) is 12.0 Å². The first-order valence-electron chi connectivity index (χ1n) is 8.08. The fourth-order valence-corrected chi connectivity index (χ4v) is 2.56. The number of nitrogens with zero attached hydrogens (tertiary/aromatic N) is 2. The molecule has 0 bridgehead atoms. The molecule has 1 amide bonds. The van der Waals surface area contributed by atoms with Crippen LogP contribution in [0.5, 0.6) is 5.75 Å². The number of likely N-dealkylation sites (N-methyl/N-ethyl adjacent to an activating group) is 1. The molecule has 122 valence electrons. The van der Waals surface area contributed by atoms with Crippen molar-refractivity contribution in [2.24, 2.45) is 0 Å². The third-order valence-corrected chi connectivity index (χ3v) is 3.79. The average Bonchev–Trinajstić information content (AvgIpc) is 2.49. The van der Waals surface area contributed by atoms with Crippen LogP contribution in [0.1, 0.15) is 20.8 Å². The molecule has 0 saturated carbocycles. The van der Waals surface area contributed by atoms with Crippen LogP contribution < -0.4 is 10.1 Å². The first kappa shape index (κ1) is 16.8. The number of piperazine rings is 1. The minimum Gasteiger partial charge on any atom is -0.491 e. The summed E-state index contributed by atoms with van der Waals surface area (Å²) in [6, 6.07) is 7.53. The molecule has 5 heteroatoms. The monoisotopic (exact) mass is 305 g/mol. The molecular weight excluding hydrogens is 278 g/mol. The van der Waals surface area contributed by atoms with Crippen LogP contribution in [0.4, 0.5) is 5.69 Å². The van der Waals surface area contributed by atoms with Crippen molar-refractivity contribution >= 4 is 11.6 Å². The second-order valence-electron chi connectivity index (χ2n) is 5.95. The van der Waals surface area contributed by atoms with Crippen molar-refractivity contribution in [2.75, 3.05) is 44.6 Å². The summed E-state index contributed by atoms with van der Waals surface area (Å²) in [5, 5.41) is 2.95. The Bertz CT molecular complexity index is 465. The molecule has 1 aliphatic heterocycles. The maximum Gasteiger partial charge on any atom is 0.238 e. The normalized spacial score (nSPS) is 16.7. The van der Waals surface area contributed by atoms with Gasteiger partial charge >= 0.3 is 0 Å². The molecule has 1 fully saturated rings. The lowest BCUT2D eigenvalue weighted by Crippen LogP contribution is -2.48. The van der Waals surface area contributed by atoms with Crippen LogP contribution in [0.15, 0.2) is 24.3 Å². The predicted octanol–water partition coefficient (Wildman–Crippen LogP) is 2.05. The standard InChI is InChI=1S/C17H27N3O2/c1-4-19-9-11-20(12-10-19)13-17(21)18-15-5-7-16(8-6-15)22-14(2)3/h5-8,14H,4,9-13H2,1-3H3,(H,18,21). The predicted molar refractivity (Wildman–Crippen MR) is 89.4 cm³/mol. The largest absolute Gasteiger partial charge is 0.491 e. The number of amides is 1. The maximum absolute atomic E-state index is 12.1. The van der Waals surface area contributed by atoms with E-state index >= 15 is 0 Å². The highest BCUT2D eigenvalue weighted by molar-refractivity contribution is 5.92. The lowest BCUT2D eigenvalue weighted by molar-refractivity contribution is -0.117. The van der Waals surface area contributed by atoms with E-state index in [0.717, 1.165) is 44.2 Å². The molecule has 1 heterocycles. The second-order valence-corrected chi connectivity index (χ2v) is 5.95. The number of rotatable bonds is 6. The summed E-state index contributed by atoms with van der Waals surface area (Å²) >= 11 is 0. The topological polar surface area (TPSA) is 44.8 Å². The SMILES string of the molecule is CCN1CCN(CC(=O)Nc2ccc(OC(C)C)cc2)CC1. The summed E-state index contributed by atoms with van der Waals surface area (Å²) in [5.41, 5.74) is 0.813. The highest BCUT2D eigenvalue weighted by Crippen LogP contribution is 2.17. The Labute approximate surface area is 133 Å². The minimum atomic E-state index is 0.0440. The summed E-state index contributed by atoms with van der Waals surface area (Å²) < 4.78 is 5.59. The van der Waals surface area contributed by atoms with E-state index in [0.29, 0.717) is 6.54 Å². The summed E-state index contributed by atoms with van der Waals surface area (Å²) in [6.45, 7) is 11.7. The Morgan fingerprint density at radius 1 is 1.14 bits per heavy atom. The van der Waals surface area contributed by atoms with Gasteiger partial charge in [0.1, 0.15) is 5.75 Å². The molecule has 0 aromatic heterocycles. The van der Waals surface area contributed by atoms with Crippen LogP contribution in [0.2, 0.25) is 0 Å². The van der Waals surface area contributed by atoms with Gasteiger partial charge in [0.05, 0.1) is 12.6 Å². The van der Waals surface area contributed by atoms with E-state index < -0.39 is 0 Å². The zero-order chi connectivity index (χ0) is 15.9. The van der Waals surface area contributed by atoms with Gasteiger partial charge in [-0.25, -0.2) is 0 Å². The third kappa shape index (κ3) is 5.31. The number of ether oxygens (including phenoxy) is 1. The van der Waals surface area contributed by atoms with Gasteiger partial charge in [0, 0.05) is 31.9 Å². The molecule has 0 aliphatic carbocycles. The second kappa shape index (κ2) is 8.15. The molecule has 0 atom stereocenters. The van der Waals surface area contributed by atoms with Gasteiger partial charge in [0.2, 0.25) is 5.91 Å². The van der Waals surface area contributed by atoms with E-state index in [1.54, 1.807) is 0 Å². The minimum absolute atomic E-state index is 0.0440. The Balaban J connectivity index is 1.77. The molecule has 0 spiro atoms. The number of hydrogen-bond donors (Lipinski definition) is 1. The van der Waals surface area contributed by atoms with Crippen molar-refractivity contribution in [1.82, 2.24) is 9.80 Å². The maximum atomic E-state index is 12.1. The number of carbonyl (C=O) groups excluding carboxylic acids is 1. The lowest BCUT2D eigenvalue weighted by Gasteiger charge is -2.33. The number of anilines is 1. The van der Waals surface area contributed by atoms with Gasteiger partial charge in [0.15, 0.2) is 0 Å². The smallest absolute Gasteiger partial charge is 0.238 e. The zero-order valence-corrected chi connectivity index (χ0v) is 13.8. The van der Waals surface area contributed by atoms with Crippen LogP contribution in [0.25, 0.3) is 0 Å². The highest BCUT2D eigenvalue weighted by atomic mass is 16.5. The third-order valence-electron chi connectivity index (χ3n) is 3.79.